The number of carbonyl (C=O) groups is 1. The van der Waals surface area contributed by atoms with E-state index in [1.807, 2.05) is 18.2 Å². The largest absolute Gasteiger partial charge is 0.458 e. The van der Waals surface area contributed by atoms with Gasteiger partial charge >= 0.3 is 5.97 Å². The van der Waals surface area contributed by atoms with E-state index < -0.39 is 0 Å². The summed E-state index contributed by atoms with van der Waals surface area (Å²) in [4.78, 5) is 11.4. The average molecular weight is 269 g/mol. The van der Waals surface area contributed by atoms with Gasteiger partial charge in [-0.25, -0.2) is 0 Å². The van der Waals surface area contributed by atoms with E-state index >= 15 is 0 Å². The third-order valence-corrected chi connectivity index (χ3v) is 3.62. The van der Waals surface area contributed by atoms with Gasteiger partial charge in [0.1, 0.15) is 6.10 Å². The molecule has 0 spiro atoms. The maximum Gasteiger partial charge on any atom is 0.303 e. The van der Waals surface area contributed by atoms with Gasteiger partial charge in [0.25, 0.3) is 0 Å². The molecule has 1 aromatic carbocycles. The van der Waals surface area contributed by atoms with Crippen LogP contribution in [0.4, 0.5) is 0 Å². The van der Waals surface area contributed by atoms with Crippen LogP contribution in [0.3, 0.4) is 0 Å². The van der Waals surface area contributed by atoms with Crippen LogP contribution in [0.25, 0.3) is 0 Å². The van der Waals surface area contributed by atoms with Crippen molar-refractivity contribution in [2.24, 2.45) is 0 Å². The first-order valence-electron chi connectivity index (χ1n) is 5.08. The van der Waals surface area contributed by atoms with Crippen LogP contribution in [0.2, 0.25) is 0 Å². The second-order valence-electron chi connectivity index (χ2n) is 3.77. The molecule has 80 valence electrons. The molecule has 0 fully saturated rings. The minimum Gasteiger partial charge on any atom is -0.458 e. The lowest BCUT2D eigenvalue weighted by molar-refractivity contribution is -0.147. The summed E-state index contributed by atoms with van der Waals surface area (Å²) < 4.78 is 5.31. The van der Waals surface area contributed by atoms with Crippen molar-refractivity contribution in [2.45, 2.75) is 30.7 Å². The Hall–Kier alpha value is -0.830. The quantitative estimate of drug-likeness (QED) is 0.576. The van der Waals surface area contributed by atoms with Crippen molar-refractivity contribution < 1.29 is 9.53 Å². The third-order valence-electron chi connectivity index (χ3n) is 2.67. The molecule has 0 saturated heterocycles. The zero-order valence-corrected chi connectivity index (χ0v) is 10.2. The van der Waals surface area contributed by atoms with Crippen LogP contribution in [0.5, 0.6) is 0 Å². The molecule has 1 aliphatic rings. The number of rotatable bonds is 1. The van der Waals surface area contributed by atoms with Gasteiger partial charge in [0.2, 0.25) is 0 Å². The highest BCUT2D eigenvalue weighted by atomic mass is 79.9. The van der Waals surface area contributed by atoms with Crippen LogP contribution in [-0.2, 0) is 9.53 Å². The molecule has 0 N–H and O–H groups in total. The number of fused-ring (bicyclic) bond motifs is 1. The fourth-order valence-corrected chi connectivity index (χ4v) is 2.70. The predicted molar refractivity (Wildman–Crippen MR) is 61.9 cm³/mol. The Labute approximate surface area is 97.8 Å². The Balaban J connectivity index is 2.31. The average Bonchev–Trinajstić information content (AvgIpc) is 2.22. The van der Waals surface area contributed by atoms with Gasteiger partial charge in [-0.3, -0.25) is 4.79 Å². The van der Waals surface area contributed by atoms with Crippen LogP contribution in [0.1, 0.15) is 41.8 Å². The number of alkyl halides is 1. The first-order chi connectivity index (χ1) is 7.18. The lowest BCUT2D eigenvalue weighted by Gasteiger charge is -2.28. The molecule has 0 aromatic heterocycles. The van der Waals surface area contributed by atoms with E-state index in [0.717, 1.165) is 18.4 Å². The highest BCUT2D eigenvalue weighted by Gasteiger charge is 2.26. The van der Waals surface area contributed by atoms with Gasteiger partial charge in [-0.15, -0.1) is 0 Å². The summed E-state index contributed by atoms with van der Waals surface area (Å²) in [5.41, 5.74) is 2.39. The van der Waals surface area contributed by atoms with Gasteiger partial charge in [0.05, 0.1) is 0 Å². The van der Waals surface area contributed by atoms with Crippen LogP contribution in [0, 0.1) is 0 Å². The number of esters is 1. The Morgan fingerprint density at radius 1 is 1.33 bits per heavy atom. The zero-order valence-electron chi connectivity index (χ0n) is 8.57. The van der Waals surface area contributed by atoms with E-state index in [1.165, 1.54) is 12.5 Å². The minimum atomic E-state index is -0.206. The minimum absolute atomic E-state index is 0.0625. The number of hydrogen-bond donors (Lipinski definition) is 0. The maximum atomic E-state index is 11.0. The number of benzene rings is 1. The molecule has 2 rings (SSSR count). The van der Waals surface area contributed by atoms with E-state index in [2.05, 4.69) is 22.0 Å². The molecular formula is C12H13BrO2. The van der Waals surface area contributed by atoms with Gasteiger partial charge < -0.3 is 4.74 Å². The summed E-state index contributed by atoms with van der Waals surface area (Å²) in [5.74, 6) is -0.206. The number of ether oxygens (including phenoxy) is 1. The molecule has 15 heavy (non-hydrogen) atoms. The van der Waals surface area contributed by atoms with E-state index in [4.69, 9.17) is 4.74 Å². The van der Waals surface area contributed by atoms with Crippen molar-refractivity contribution in [3.8, 4) is 0 Å². The molecule has 0 bridgehead atoms. The fraction of sp³-hybridized carbons (Fsp3) is 0.417. The van der Waals surface area contributed by atoms with E-state index in [0.29, 0.717) is 4.83 Å². The summed E-state index contributed by atoms with van der Waals surface area (Å²) >= 11 is 3.64. The lowest BCUT2D eigenvalue weighted by atomic mass is 9.89. The first-order valence-corrected chi connectivity index (χ1v) is 6.00. The van der Waals surface area contributed by atoms with Crippen LogP contribution in [0.15, 0.2) is 24.3 Å². The second-order valence-corrected chi connectivity index (χ2v) is 4.88. The Bertz CT molecular complexity index is 376. The Kier molecular flexibility index (Phi) is 3.10. The summed E-state index contributed by atoms with van der Waals surface area (Å²) in [7, 11) is 0. The number of carbonyl (C=O) groups excluding carboxylic acids is 1. The molecule has 0 saturated carbocycles. The van der Waals surface area contributed by atoms with Gasteiger partial charge in [-0.05, 0) is 24.0 Å². The van der Waals surface area contributed by atoms with Gasteiger partial charge in [-0.2, -0.15) is 0 Å². The fourth-order valence-electron chi connectivity index (χ4n) is 2.02. The summed E-state index contributed by atoms with van der Waals surface area (Å²) in [6.07, 6.45) is 1.84. The Morgan fingerprint density at radius 3 is 2.67 bits per heavy atom. The van der Waals surface area contributed by atoms with E-state index in [9.17, 15) is 4.79 Å². The molecule has 0 radical (unpaired) electrons. The standard InChI is InChI=1S/C12H13BrO2/c1-8(14)15-12-7-6-11(13)9-4-2-3-5-10(9)12/h2-5,11-12H,6-7H2,1H3/t11-,12-/m1/s1. The first kappa shape index (κ1) is 10.7. The third kappa shape index (κ3) is 2.23. The van der Waals surface area contributed by atoms with Crippen molar-refractivity contribution in [2.75, 3.05) is 0 Å². The number of halogens is 1. The van der Waals surface area contributed by atoms with Gasteiger partial charge in [0, 0.05) is 11.8 Å². The molecule has 0 unspecified atom stereocenters. The highest BCUT2D eigenvalue weighted by Crippen LogP contribution is 2.42. The smallest absolute Gasteiger partial charge is 0.303 e. The van der Waals surface area contributed by atoms with Crippen molar-refractivity contribution in [1.29, 1.82) is 0 Å². The molecule has 1 aliphatic carbocycles. The molecular weight excluding hydrogens is 256 g/mol. The Morgan fingerprint density at radius 2 is 2.00 bits per heavy atom. The second kappa shape index (κ2) is 4.35. The summed E-state index contributed by atoms with van der Waals surface area (Å²) in [5, 5.41) is 0. The molecule has 0 amide bonds. The van der Waals surface area contributed by atoms with Crippen molar-refractivity contribution in [3.05, 3.63) is 35.4 Å². The van der Waals surface area contributed by atoms with Crippen molar-refractivity contribution >= 4 is 21.9 Å². The summed E-state index contributed by atoms with van der Waals surface area (Å²) in [6, 6.07) is 8.13. The molecule has 3 heteroatoms. The molecule has 0 heterocycles. The van der Waals surface area contributed by atoms with Crippen molar-refractivity contribution in [1.82, 2.24) is 0 Å². The van der Waals surface area contributed by atoms with E-state index in [1.54, 1.807) is 0 Å². The zero-order chi connectivity index (χ0) is 10.8. The topological polar surface area (TPSA) is 26.3 Å². The normalized spacial score (nSPS) is 24.4. The van der Waals surface area contributed by atoms with Crippen LogP contribution in [-0.4, -0.2) is 5.97 Å². The molecule has 2 nitrogen and oxygen atoms in total. The monoisotopic (exact) mass is 268 g/mol. The van der Waals surface area contributed by atoms with Crippen LogP contribution >= 0.6 is 15.9 Å². The predicted octanol–water partition coefficient (Wildman–Crippen LogP) is 3.52. The number of hydrogen-bond acceptors (Lipinski definition) is 2. The molecule has 1 aromatic rings. The van der Waals surface area contributed by atoms with Gasteiger partial charge in [-0.1, -0.05) is 40.2 Å². The van der Waals surface area contributed by atoms with E-state index in [-0.39, 0.29) is 12.1 Å². The molecule has 2 atom stereocenters. The molecule has 0 aliphatic heterocycles. The van der Waals surface area contributed by atoms with Crippen LogP contribution < -0.4 is 0 Å². The summed E-state index contributed by atoms with van der Waals surface area (Å²) in [6.45, 7) is 1.46. The van der Waals surface area contributed by atoms with Crippen molar-refractivity contribution in [3.63, 3.8) is 0 Å². The SMILES string of the molecule is CC(=O)O[C@@H]1CC[C@@H](Br)c2ccccc21. The highest BCUT2D eigenvalue weighted by molar-refractivity contribution is 9.09. The van der Waals surface area contributed by atoms with Gasteiger partial charge in [0.15, 0.2) is 0 Å². The lowest BCUT2D eigenvalue weighted by Crippen LogP contribution is -2.16. The maximum absolute atomic E-state index is 11.0.